The van der Waals surface area contributed by atoms with E-state index in [-0.39, 0.29) is 11.5 Å². The fourth-order valence-corrected chi connectivity index (χ4v) is 3.33. The van der Waals surface area contributed by atoms with Crippen molar-refractivity contribution in [3.63, 3.8) is 0 Å². The molecule has 0 aliphatic rings. The molecule has 3 rings (SSSR count). The maximum absolute atomic E-state index is 12.4. The maximum Gasteiger partial charge on any atom is 0.232 e. The van der Waals surface area contributed by atoms with Crippen LogP contribution in [-0.4, -0.2) is 27.1 Å². The van der Waals surface area contributed by atoms with Gasteiger partial charge in [-0.3, -0.25) is 9.52 Å². The Morgan fingerprint density at radius 2 is 1.68 bits per heavy atom. The van der Waals surface area contributed by atoms with Crippen LogP contribution in [0.15, 0.2) is 66.7 Å². The van der Waals surface area contributed by atoms with E-state index < -0.39 is 10.0 Å². The molecule has 0 saturated carbocycles. The van der Waals surface area contributed by atoms with Gasteiger partial charge in [-0.05, 0) is 71.8 Å². The van der Waals surface area contributed by atoms with E-state index in [4.69, 9.17) is 4.74 Å². The first-order valence-electron chi connectivity index (χ1n) is 8.81. The SMILES string of the molecule is CCS(=O)(=O)Nc1ccc(C(=O)/C=C/c2ccc3cc(OC)ccc3c2)cc1. The number of benzene rings is 3. The van der Waals surface area contributed by atoms with Crippen LogP contribution in [0.25, 0.3) is 16.8 Å². The van der Waals surface area contributed by atoms with Crippen LogP contribution in [-0.2, 0) is 10.0 Å². The van der Waals surface area contributed by atoms with Crippen LogP contribution in [0, 0.1) is 0 Å². The third kappa shape index (κ3) is 4.78. The van der Waals surface area contributed by atoms with Crippen LogP contribution in [0.2, 0.25) is 0 Å². The highest BCUT2D eigenvalue weighted by atomic mass is 32.2. The second kappa shape index (κ2) is 8.27. The Hall–Kier alpha value is -3.12. The molecule has 0 heterocycles. The zero-order valence-corrected chi connectivity index (χ0v) is 16.5. The molecule has 0 spiro atoms. The summed E-state index contributed by atoms with van der Waals surface area (Å²) in [7, 11) is -1.70. The van der Waals surface area contributed by atoms with Crippen molar-refractivity contribution in [2.45, 2.75) is 6.92 Å². The molecule has 0 bridgehead atoms. The highest BCUT2D eigenvalue weighted by molar-refractivity contribution is 7.92. The molecular weight excluding hydrogens is 374 g/mol. The molecule has 5 nitrogen and oxygen atoms in total. The molecule has 0 atom stereocenters. The van der Waals surface area contributed by atoms with Gasteiger partial charge in [0.15, 0.2) is 5.78 Å². The van der Waals surface area contributed by atoms with Crippen molar-refractivity contribution in [2.24, 2.45) is 0 Å². The van der Waals surface area contributed by atoms with Gasteiger partial charge in [-0.1, -0.05) is 24.3 Å². The van der Waals surface area contributed by atoms with Crippen LogP contribution < -0.4 is 9.46 Å². The van der Waals surface area contributed by atoms with Crippen LogP contribution in [0.1, 0.15) is 22.8 Å². The minimum atomic E-state index is -3.33. The Morgan fingerprint density at radius 3 is 2.36 bits per heavy atom. The van der Waals surface area contributed by atoms with Crippen LogP contribution in [0.5, 0.6) is 5.75 Å². The number of sulfonamides is 1. The van der Waals surface area contributed by atoms with E-state index in [9.17, 15) is 13.2 Å². The molecule has 0 aliphatic carbocycles. The summed E-state index contributed by atoms with van der Waals surface area (Å²) in [5.41, 5.74) is 1.84. The van der Waals surface area contributed by atoms with Gasteiger partial charge in [0.05, 0.1) is 12.9 Å². The number of ether oxygens (including phenoxy) is 1. The average Bonchev–Trinajstić information content (AvgIpc) is 2.71. The molecule has 0 saturated heterocycles. The number of fused-ring (bicyclic) bond motifs is 1. The molecule has 6 heteroatoms. The average molecular weight is 395 g/mol. The number of carbonyl (C=O) groups is 1. The van der Waals surface area contributed by atoms with Crippen molar-refractivity contribution >= 4 is 38.3 Å². The number of carbonyl (C=O) groups excluding carboxylic acids is 1. The Morgan fingerprint density at radius 1 is 1.00 bits per heavy atom. The topological polar surface area (TPSA) is 72.5 Å². The Bertz CT molecular complexity index is 1130. The quantitative estimate of drug-likeness (QED) is 0.472. The Kier molecular flexibility index (Phi) is 5.80. The molecular formula is C22H21NO4S. The summed E-state index contributed by atoms with van der Waals surface area (Å²) in [6, 6.07) is 18.1. The second-order valence-corrected chi connectivity index (χ2v) is 8.26. The van der Waals surface area contributed by atoms with Crippen LogP contribution >= 0.6 is 0 Å². The summed E-state index contributed by atoms with van der Waals surface area (Å²) in [6.45, 7) is 1.56. The van der Waals surface area contributed by atoms with Crippen molar-refractivity contribution < 1.29 is 17.9 Å². The molecule has 0 amide bonds. The number of hydrogen-bond acceptors (Lipinski definition) is 4. The summed E-state index contributed by atoms with van der Waals surface area (Å²) >= 11 is 0. The molecule has 0 aliphatic heterocycles. The number of allylic oxidation sites excluding steroid dienone is 1. The van der Waals surface area contributed by atoms with Gasteiger partial charge in [0, 0.05) is 11.3 Å². The third-order valence-corrected chi connectivity index (χ3v) is 5.63. The van der Waals surface area contributed by atoms with Gasteiger partial charge in [-0.25, -0.2) is 8.42 Å². The molecule has 3 aromatic carbocycles. The van der Waals surface area contributed by atoms with Crippen molar-refractivity contribution in [1.29, 1.82) is 0 Å². The Balaban J connectivity index is 1.73. The number of hydrogen-bond donors (Lipinski definition) is 1. The first-order valence-corrected chi connectivity index (χ1v) is 10.5. The number of ketones is 1. The molecule has 3 aromatic rings. The molecule has 0 unspecified atom stereocenters. The molecule has 144 valence electrons. The lowest BCUT2D eigenvalue weighted by atomic mass is 10.0. The van der Waals surface area contributed by atoms with E-state index in [0.717, 1.165) is 22.1 Å². The molecule has 0 aromatic heterocycles. The highest BCUT2D eigenvalue weighted by Gasteiger charge is 2.07. The van der Waals surface area contributed by atoms with E-state index in [1.165, 1.54) is 6.08 Å². The minimum absolute atomic E-state index is 0.00500. The number of anilines is 1. The zero-order chi connectivity index (χ0) is 20.1. The summed E-state index contributed by atoms with van der Waals surface area (Å²) in [5, 5.41) is 2.12. The first kappa shape index (κ1) is 19.6. The van der Waals surface area contributed by atoms with Gasteiger partial charge in [0.2, 0.25) is 10.0 Å². The van der Waals surface area contributed by atoms with Crippen molar-refractivity contribution in [3.8, 4) is 5.75 Å². The molecule has 28 heavy (non-hydrogen) atoms. The van der Waals surface area contributed by atoms with Gasteiger partial charge in [0.25, 0.3) is 0 Å². The van der Waals surface area contributed by atoms with E-state index in [2.05, 4.69) is 4.72 Å². The van der Waals surface area contributed by atoms with E-state index in [0.29, 0.717) is 11.3 Å². The van der Waals surface area contributed by atoms with Gasteiger partial charge in [-0.15, -0.1) is 0 Å². The van der Waals surface area contributed by atoms with Gasteiger partial charge < -0.3 is 4.74 Å². The summed E-state index contributed by atoms with van der Waals surface area (Å²) in [4.78, 5) is 12.4. The summed E-state index contributed by atoms with van der Waals surface area (Å²) in [5.74, 6) is 0.643. The number of rotatable bonds is 7. The third-order valence-electron chi connectivity index (χ3n) is 4.32. The van der Waals surface area contributed by atoms with Crippen LogP contribution in [0.3, 0.4) is 0 Å². The van der Waals surface area contributed by atoms with E-state index in [1.807, 2.05) is 36.4 Å². The fraction of sp³-hybridized carbons (Fsp3) is 0.136. The number of methoxy groups -OCH3 is 1. The molecule has 0 radical (unpaired) electrons. The van der Waals surface area contributed by atoms with E-state index in [1.54, 1.807) is 44.4 Å². The number of nitrogens with one attached hydrogen (secondary N) is 1. The first-order chi connectivity index (χ1) is 13.4. The predicted molar refractivity (Wildman–Crippen MR) is 113 cm³/mol. The largest absolute Gasteiger partial charge is 0.497 e. The normalized spacial score (nSPS) is 11.6. The van der Waals surface area contributed by atoms with Gasteiger partial charge >= 0.3 is 0 Å². The van der Waals surface area contributed by atoms with E-state index >= 15 is 0 Å². The van der Waals surface area contributed by atoms with Crippen molar-refractivity contribution in [1.82, 2.24) is 0 Å². The summed E-state index contributed by atoms with van der Waals surface area (Å²) in [6.07, 6.45) is 3.27. The van der Waals surface area contributed by atoms with Gasteiger partial charge in [0.1, 0.15) is 5.75 Å². The van der Waals surface area contributed by atoms with Crippen LogP contribution in [0.4, 0.5) is 5.69 Å². The molecule has 0 fully saturated rings. The second-order valence-electron chi connectivity index (χ2n) is 6.25. The summed E-state index contributed by atoms with van der Waals surface area (Å²) < 4.78 is 30.8. The maximum atomic E-state index is 12.4. The fourth-order valence-electron chi connectivity index (χ4n) is 2.70. The standard InChI is InChI=1S/C22H21NO4S/c1-3-28(25,26)23-20-10-7-17(8-11-20)22(24)13-5-16-4-6-19-15-21(27-2)12-9-18(19)14-16/h4-15,23H,3H2,1-2H3/b13-5+. The highest BCUT2D eigenvalue weighted by Crippen LogP contribution is 2.22. The van der Waals surface area contributed by atoms with Crippen molar-refractivity contribution in [2.75, 3.05) is 17.6 Å². The lowest BCUT2D eigenvalue weighted by Crippen LogP contribution is -2.14. The van der Waals surface area contributed by atoms with Crippen molar-refractivity contribution in [3.05, 3.63) is 77.9 Å². The lowest BCUT2D eigenvalue weighted by Gasteiger charge is -2.06. The Labute approximate surface area is 164 Å². The monoisotopic (exact) mass is 395 g/mol. The lowest BCUT2D eigenvalue weighted by molar-refractivity contribution is 0.104. The minimum Gasteiger partial charge on any atom is -0.497 e. The van der Waals surface area contributed by atoms with Gasteiger partial charge in [-0.2, -0.15) is 0 Å². The predicted octanol–water partition coefficient (Wildman–Crippen LogP) is 4.51. The molecule has 1 N–H and O–H groups in total. The zero-order valence-electron chi connectivity index (χ0n) is 15.7. The smallest absolute Gasteiger partial charge is 0.232 e.